The maximum atomic E-state index is 13.9. The summed E-state index contributed by atoms with van der Waals surface area (Å²) >= 11 is 0. The highest BCUT2D eigenvalue weighted by Crippen LogP contribution is 2.17. The van der Waals surface area contributed by atoms with Crippen molar-refractivity contribution < 1.29 is 14.3 Å². The summed E-state index contributed by atoms with van der Waals surface area (Å²) < 4.78 is 13.9. The predicted molar refractivity (Wildman–Crippen MR) is 79.1 cm³/mol. The van der Waals surface area contributed by atoms with Crippen molar-refractivity contribution in [2.45, 2.75) is 20.1 Å². The highest BCUT2D eigenvalue weighted by atomic mass is 19.1. The zero-order chi connectivity index (χ0) is 15.4. The summed E-state index contributed by atoms with van der Waals surface area (Å²) in [6.45, 7) is 1.81. The van der Waals surface area contributed by atoms with Gasteiger partial charge in [-0.15, -0.1) is 0 Å². The number of nitrogens with two attached hydrogens (primary N) is 1. The number of hydrogen-bond donors (Lipinski definition) is 3. The second-order valence-electron chi connectivity index (χ2n) is 4.86. The summed E-state index contributed by atoms with van der Waals surface area (Å²) in [6.07, 6.45) is 0. The van der Waals surface area contributed by atoms with Crippen LogP contribution in [0.25, 0.3) is 0 Å². The molecular weight excluding hydrogens is 271 g/mol. The fraction of sp³-hybridized carbons (Fsp3) is 0.188. The molecule has 5 heteroatoms. The van der Waals surface area contributed by atoms with E-state index in [1.54, 1.807) is 31.2 Å². The molecule has 2 aromatic carbocycles. The third-order valence-electron chi connectivity index (χ3n) is 3.18. The fourth-order valence-corrected chi connectivity index (χ4v) is 2.00. The first-order valence-corrected chi connectivity index (χ1v) is 6.53. The monoisotopic (exact) mass is 288 g/mol. The van der Waals surface area contributed by atoms with Gasteiger partial charge < -0.3 is 16.2 Å². The highest BCUT2D eigenvalue weighted by Gasteiger charge is 2.14. The Kier molecular flexibility index (Phi) is 4.55. The van der Waals surface area contributed by atoms with E-state index in [4.69, 9.17) is 10.8 Å². The first-order chi connectivity index (χ1) is 10.0. The summed E-state index contributed by atoms with van der Waals surface area (Å²) in [5.41, 5.74) is 7.93. The molecule has 110 valence electrons. The molecule has 0 aliphatic rings. The van der Waals surface area contributed by atoms with Gasteiger partial charge >= 0.3 is 0 Å². The molecule has 0 unspecified atom stereocenters. The Bertz CT molecular complexity index is 654. The van der Waals surface area contributed by atoms with Crippen LogP contribution in [0.2, 0.25) is 0 Å². The second-order valence-corrected chi connectivity index (χ2v) is 4.86. The average Bonchev–Trinajstić information content (AvgIpc) is 2.49. The minimum Gasteiger partial charge on any atom is -0.399 e. The summed E-state index contributed by atoms with van der Waals surface area (Å²) in [6, 6.07) is 9.95. The van der Waals surface area contributed by atoms with Gasteiger partial charge in [0.15, 0.2) is 0 Å². The van der Waals surface area contributed by atoms with E-state index in [9.17, 15) is 9.18 Å². The van der Waals surface area contributed by atoms with Crippen LogP contribution >= 0.6 is 0 Å². The summed E-state index contributed by atoms with van der Waals surface area (Å²) in [4.78, 5) is 12.0. The summed E-state index contributed by atoms with van der Waals surface area (Å²) in [7, 11) is 0. The number of aliphatic hydroxyl groups excluding tert-OH is 1. The molecule has 0 spiro atoms. The molecule has 0 fully saturated rings. The van der Waals surface area contributed by atoms with Crippen molar-refractivity contribution in [1.82, 2.24) is 5.32 Å². The largest absolute Gasteiger partial charge is 0.399 e. The Hall–Kier alpha value is -2.40. The highest BCUT2D eigenvalue weighted by molar-refractivity contribution is 5.95. The quantitative estimate of drug-likeness (QED) is 0.754. The zero-order valence-corrected chi connectivity index (χ0v) is 11.7. The molecule has 21 heavy (non-hydrogen) atoms. The van der Waals surface area contributed by atoms with Gasteiger partial charge in [0.05, 0.1) is 12.2 Å². The standard InChI is InChI=1S/C16H17FN2O2/c1-10-6-13(18)7-14(15(10)17)16(21)19-8-11-2-4-12(9-20)5-3-11/h2-7,20H,8-9,18H2,1H3,(H,19,21). The lowest BCUT2D eigenvalue weighted by molar-refractivity contribution is 0.0946. The molecular formula is C16H17FN2O2. The first-order valence-electron chi connectivity index (χ1n) is 6.53. The number of nitrogens with one attached hydrogen (secondary N) is 1. The van der Waals surface area contributed by atoms with E-state index in [0.717, 1.165) is 11.1 Å². The number of hydrogen-bond acceptors (Lipinski definition) is 3. The van der Waals surface area contributed by atoms with E-state index in [-0.39, 0.29) is 18.7 Å². The number of aryl methyl sites for hydroxylation is 1. The smallest absolute Gasteiger partial charge is 0.254 e. The van der Waals surface area contributed by atoms with Gasteiger partial charge in [0.2, 0.25) is 0 Å². The number of carbonyl (C=O) groups is 1. The molecule has 4 N–H and O–H groups in total. The van der Waals surface area contributed by atoms with Crippen molar-refractivity contribution in [2.24, 2.45) is 0 Å². The Morgan fingerprint density at radius 1 is 1.24 bits per heavy atom. The molecule has 2 aromatic rings. The van der Waals surface area contributed by atoms with Crippen LogP contribution in [0.1, 0.15) is 27.0 Å². The van der Waals surface area contributed by atoms with E-state index in [1.807, 2.05) is 0 Å². The molecule has 0 atom stereocenters. The van der Waals surface area contributed by atoms with Crippen LogP contribution in [-0.4, -0.2) is 11.0 Å². The minimum atomic E-state index is -0.558. The van der Waals surface area contributed by atoms with Gasteiger partial charge in [0.1, 0.15) is 5.82 Å². The van der Waals surface area contributed by atoms with Crippen LogP contribution in [0.4, 0.5) is 10.1 Å². The second kappa shape index (κ2) is 6.37. The number of halogens is 1. The Labute approximate surface area is 122 Å². The van der Waals surface area contributed by atoms with Crippen LogP contribution in [0.15, 0.2) is 36.4 Å². The Morgan fingerprint density at radius 3 is 2.48 bits per heavy atom. The normalized spacial score (nSPS) is 10.4. The average molecular weight is 288 g/mol. The van der Waals surface area contributed by atoms with E-state index in [1.165, 1.54) is 12.1 Å². The third-order valence-corrected chi connectivity index (χ3v) is 3.18. The maximum Gasteiger partial charge on any atom is 0.254 e. The predicted octanol–water partition coefficient (Wildman–Crippen LogP) is 2.14. The number of rotatable bonds is 4. The van der Waals surface area contributed by atoms with Gasteiger partial charge in [-0.3, -0.25) is 4.79 Å². The van der Waals surface area contributed by atoms with E-state index in [2.05, 4.69) is 5.32 Å². The van der Waals surface area contributed by atoms with Gasteiger partial charge in [0, 0.05) is 12.2 Å². The van der Waals surface area contributed by atoms with Gasteiger partial charge in [-0.25, -0.2) is 4.39 Å². The molecule has 0 heterocycles. The van der Waals surface area contributed by atoms with Gasteiger partial charge in [0.25, 0.3) is 5.91 Å². The Morgan fingerprint density at radius 2 is 1.86 bits per heavy atom. The van der Waals surface area contributed by atoms with Crippen molar-refractivity contribution in [3.05, 3.63) is 64.5 Å². The zero-order valence-electron chi connectivity index (χ0n) is 11.7. The topological polar surface area (TPSA) is 75.4 Å². The molecule has 0 aromatic heterocycles. The minimum absolute atomic E-state index is 0.0274. The van der Waals surface area contributed by atoms with Gasteiger partial charge in [-0.1, -0.05) is 24.3 Å². The molecule has 0 radical (unpaired) electrons. The molecule has 0 aliphatic carbocycles. The molecule has 2 rings (SSSR count). The third kappa shape index (κ3) is 3.58. The van der Waals surface area contributed by atoms with Crippen LogP contribution < -0.4 is 11.1 Å². The summed E-state index contributed by atoms with van der Waals surface area (Å²) in [5.74, 6) is -1.06. The lowest BCUT2D eigenvalue weighted by atomic mass is 10.1. The maximum absolute atomic E-state index is 13.9. The van der Waals surface area contributed by atoms with Crippen LogP contribution in [0, 0.1) is 12.7 Å². The van der Waals surface area contributed by atoms with Crippen LogP contribution in [-0.2, 0) is 13.2 Å². The molecule has 1 amide bonds. The molecule has 0 saturated heterocycles. The number of amides is 1. The first kappa shape index (κ1) is 15.0. The van der Waals surface area contributed by atoms with Crippen molar-refractivity contribution in [3.63, 3.8) is 0 Å². The van der Waals surface area contributed by atoms with Crippen molar-refractivity contribution in [2.75, 3.05) is 5.73 Å². The number of anilines is 1. The number of benzene rings is 2. The van der Waals surface area contributed by atoms with Crippen molar-refractivity contribution in [1.29, 1.82) is 0 Å². The van der Waals surface area contributed by atoms with Crippen molar-refractivity contribution in [3.8, 4) is 0 Å². The molecule has 4 nitrogen and oxygen atoms in total. The number of aliphatic hydroxyl groups is 1. The lowest BCUT2D eigenvalue weighted by Gasteiger charge is -2.09. The number of nitrogen functional groups attached to an aromatic ring is 1. The van der Waals surface area contributed by atoms with E-state index in [0.29, 0.717) is 11.3 Å². The van der Waals surface area contributed by atoms with Crippen LogP contribution in [0.3, 0.4) is 0 Å². The SMILES string of the molecule is Cc1cc(N)cc(C(=O)NCc2ccc(CO)cc2)c1F. The summed E-state index contributed by atoms with van der Waals surface area (Å²) in [5, 5.41) is 11.6. The molecule has 0 aliphatic heterocycles. The molecule has 0 saturated carbocycles. The van der Waals surface area contributed by atoms with E-state index < -0.39 is 11.7 Å². The van der Waals surface area contributed by atoms with Crippen molar-refractivity contribution >= 4 is 11.6 Å². The number of carbonyl (C=O) groups excluding carboxylic acids is 1. The van der Waals surface area contributed by atoms with E-state index >= 15 is 0 Å². The van der Waals surface area contributed by atoms with Gasteiger partial charge in [-0.05, 0) is 35.7 Å². The lowest BCUT2D eigenvalue weighted by Crippen LogP contribution is -2.24. The molecule has 0 bridgehead atoms. The van der Waals surface area contributed by atoms with Crippen LogP contribution in [0.5, 0.6) is 0 Å². The fourth-order valence-electron chi connectivity index (χ4n) is 2.00. The Balaban J connectivity index is 2.08. The van der Waals surface area contributed by atoms with Gasteiger partial charge in [-0.2, -0.15) is 0 Å².